The van der Waals surface area contributed by atoms with Gasteiger partial charge in [0.2, 0.25) is 0 Å². The van der Waals surface area contributed by atoms with Crippen LogP contribution in [0.5, 0.6) is 0 Å². The predicted octanol–water partition coefficient (Wildman–Crippen LogP) is 4.06. The van der Waals surface area contributed by atoms with Crippen molar-refractivity contribution in [3.8, 4) is 0 Å². The van der Waals surface area contributed by atoms with Gasteiger partial charge in [0.15, 0.2) is 0 Å². The van der Waals surface area contributed by atoms with Crippen LogP contribution in [0.3, 0.4) is 0 Å². The van der Waals surface area contributed by atoms with E-state index >= 15 is 0 Å². The molecular weight excluding hydrogens is 284 g/mol. The molecule has 2 rings (SSSR count). The number of hydrogen-bond acceptors (Lipinski definition) is 4. The summed E-state index contributed by atoms with van der Waals surface area (Å²) in [5.74, 6) is -0.903. The van der Waals surface area contributed by atoms with E-state index in [0.29, 0.717) is 12.1 Å². The smallest absolute Gasteiger partial charge is 0.336 e. The van der Waals surface area contributed by atoms with Gasteiger partial charge in [-0.1, -0.05) is 26.8 Å². The van der Waals surface area contributed by atoms with Crippen molar-refractivity contribution in [2.24, 2.45) is 0 Å². The molecule has 112 valence electrons. The van der Waals surface area contributed by atoms with E-state index < -0.39 is 5.97 Å². The number of aromatic carboxylic acids is 1. The quantitative estimate of drug-likeness (QED) is 0.894. The summed E-state index contributed by atoms with van der Waals surface area (Å²) in [5.41, 5.74) is 2.94. The first-order valence-corrected chi connectivity index (χ1v) is 7.68. The lowest BCUT2D eigenvalue weighted by Crippen LogP contribution is -2.11. The Bertz CT molecular complexity index is 657. The van der Waals surface area contributed by atoms with Crippen LogP contribution in [0.25, 0.3) is 0 Å². The van der Waals surface area contributed by atoms with Crippen molar-refractivity contribution in [1.82, 2.24) is 4.98 Å². The largest absolute Gasteiger partial charge is 0.478 e. The van der Waals surface area contributed by atoms with Crippen LogP contribution in [0.15, 0.2) is 23.6 Å². The van der Waals surface area contributed by atoms with Crippen molar-refractivity contribution in [3.63, 3.8) is 0 Å². The molecule has 0 aliphatic heterocycles. The number of carbonyl (C=O) groups is 1. The Morgan fingerprint density at radius 2 is 2.10 bits per heavy atom. The first kappa shape index (κ1) is 15.5. The average Bonchev–Trinajstić information content (AvgIpc) is 2.86. The molecule has 5 heteroatoms. The second-order valence-corrected chi connectivity index (χ2v) is 6.89. The lowest BCUT2D eigenvalue weighted by molar-refractivity contribution is 0.0696. The summed E-state index contributed by atoms with van der Waals surface area (Å²) in [4.78, 5) is 15.7. The molecule has 1 heterocycles. The number of aromatic nitrogens is 1. The molecular formula is C16H20N2O2S. The monoisotopic (exact) mass is 304 g/mol. The van der Waals surface area contributed by atoms with Crippen LogP contribution in [-0.2, 0) is 12.0 Å². The lowest BCUT2D eigenvalue weighted by Gasteiger charge is -2.14. The minimum atomic E-state index is -0.903. The molecule has 0 fully saturated rings. The second-order valence-electron chi connectivity index (χ2n) is 6.03. The number of carboxylic acid groups (broad SMARTS) is 1. The third kappa shape index (κ3) is 3.61. The summed E-state index contributed by atoms with van der Waals surface area (Å²) in [5, 5.41) is 15.6. The zero-order valence-electron chi connectivity index (χ0n) is 12.7. The van der Waals surface area contributed by atoms with Crippen LogP contribution < -0.4 is 5.32 Å². The van der Waals surface area contributed by atoms with Crippen LogP contribution in [0.1, 0.15) is 47.4 Å². The van der Waals surface area contributed by atoms with Crippen molar-refractivity contribution in [3.05, 3.63) is 45.4 Å². The number of anilines is 1. The van der Waals surface area contributed by atoms with Gasteiger partial charge in [0.05, 0.1) is 22.8 Å². The Morgan fingerprint density at radius 3 is 2.67 bits per heavy atom. The average molecular weight is 304 g/mol. The van der Waals surface area contributed by atoms with Gasteiger partial charge in [0.25, 0.3) is 0 Å². The first-order chi connectivity index (χ1) is 9.79. The van der Waals surface area contributed by atoms with Gasteiger partial charge < -0.3 is 10.4 Å². The molecule has 0 aliphatic carbocycles. The highest BCUT2D eigenvalue weighted by Gasteiger charge is 2.18. The van der Waals surface area contributed by atoms with Crippen molar-refractivity contribution < 1.29 is 9.90 Å². The van der Waals surface area contributed by atoms with E-state index in [1.807, 2.05) is 18.4 Å². The van der Waals surface area contributed by atoms with Gasteiger partial charge in [-0.05, 0) is 24.6 Å². The minimum absolute atomic E-state index is 0.0576. The molecule has 2 aromatic rings. The van der Waals surface area contributed by atoms with Crippen molar-refractivity contribution in [2.45, 2.75) is 39.7 Å². The maximum absolute atomic E-state index is 11.1. The molecule has 0 atom stereocenters. The number of nitrogens with zero attached hydrogens (tertiary/aromatic N) is 1. The molecule has 21 heavy (non-hydrogen) atoms. The van der Waals surface area contributed by atoms with Gasteiger partial charge in [-0.2, -0.15) is 0 Å². The molecule has 0 spiro atoms. The summed E-state index contributed by atoms with van der Waals surface area (Å²) in [7, 11) is 0. The maximum Gasteiger partial charge on any atom is 0.336 e. The van der Waals surface area contributed by atoms with Crippen LogP contribution in [0.4, 0.5) is 5.69 Å². The topological polar surface area (TPSA) is 62.2 Å². The maximum atomic E-state index is 11.1. The number of thiazole rings is 1. The standard InChI is InChI=1S/C16H20N2O2S/c1-10-12(14(19)20)6-5-7-13(10)17-8-11-9-21-15(18-11)16(2,3)4/h5-7,9,17H,8H2,1-4H3,(H,19,20). The Balaban J connectivity index is 2.12. The van der Waals surface area contributed by atoms with E-state index in [1.54, 1.807) is 23.5 Å². The zero-order chi connectivity index (χ0) is 15.6. The first-order valence-electron chi connectivity index (χ1n) is 6.80. The molecule has 0 saturated carbocycles. The lowest BCUT2D eigenvalue weighted by atomic mass is 9.98. The fourth-order valence-corrected chi connectivity index (χ4v) is 2.88. The van der Waals surface area contributed by atoms with E-state index in [-0.39, 0.29) is 5.41 Å². The van der Waals surface area contributed by atoms with E-state index in [2.05, 4.69) is 31.1 Å². The van der Waals surface area contributed by atoms with Gasteiger partial charge >= 0.3 is 5.97 Å². The number of nitrogens with one attached hydrogen (secondary N) is 1. The van der Waals surface area contributed by atoms with Crippen LogP contribution in [0, 0.1) is 6.92 Å². The molecule has 0 aliphatic rings. The number of hydrogen-bond donors (Lipinski definition) is 2. The van der Waals surface area contributed by atoms with E-state index in [4.69, 9.17) is 5.11 Å². The predicted molar refractivity (Wildman–Crippen MR) is 86.3 cm³/mol. The third-order valence-corrected chi connectivity index (χ3v) is 4.53. The Labute approximate surface area is 128 Å². The highest BCUT2D eigenvalue weighted by atomic mass is 32.1. The van der Waals surface area contributed by atoms with Gasteiger partial charge in [0.1, 0.15) is 0 Å². The summed E-state index contributed by atoms with van der Waals surface area (Å²) >= 11 is 1.66. The zero-order valence-corrected chi connectivity index (χ0v) is 13.5. The minimum Gasteiger partial charge on any atom is -0.478 e. The second kappa shape index (κ2) is 5.85. The molecule has 0 unspecified atom stereocenters. The van der Waals surface area contributed by atoms with E-state index in [1.165, 1.54) is 0 Å². The van der Waals surface area contributed by atoms with Crippen molar-refractivity contribution >= 4 is 23.0 Å². The molecule has 0 bridgehead atoms. The van der Waals surface area contributed by atoms with Crippen LogP contribution in [0.2, 0.25) is 0 Å². The fourth-order valence-electron chi connectivity index (χ4n) is 1.98. The summed E-state index contributed by atoms with van der Waals surface area (Å²) < 4.78 is 0. The summed E-state index contributed by atoms with van der Waals surface area (Å²) in [6, 6.07) is 5.25. The Morgan fingerprint density at radius 1 is 1.38 bits per heavy atom. The molecule has 4 nitrogen and oxygen atoms in total. The highest BCUT2D eigenvalue weighted by Crippen LogP contribution is 2.26. The van der Waals surface area contributed by atoms with Crippen molar-refractivity contribution in [2.75, 3.05) is 5.32 Å². The summed E-state index contributed by atoms with van der Waals surface area (Å²) in [6.45, 7) is 8.83. The number of rotatable bonds is 4. The van der Waals surface area contributed by atoms with E-state index in [0.717, 1.165) is 22.0 Å². The molecule has 0 radical (unpaired) electrons. The van der Waals surface area contributed by atoms with Gasteiger partial charge in [-0.25, -0.2) is 9.78 Å². The van der Waals surface area contributed by atoms with Crippen LogP contribution >= 0.6 is 11.3 Å². The normalized spacial score (nSPS) is 11.4. The van der Waals surface area contributed by atoms with Crippen LogP contribution in [-0.4, -0.2) is 16.1 Å². The highest BCUT2D eigenvalue weighted by molar-refractivity contribution is 7.09. The van der Waals surface area contributed by atoms with Gasteiger partial charge in [0, 0.05) is 16.5 Å². The Hall–Kier alpha value is -1.88. The molecule has 1 aromatic carbocycles. The number of carboxylic acids is 1. The van der Waals surface area contributed by atoms with Gasteiger partial charge in [-0.3, -0.25) is 0 Å². The van der Waals surface area contributed by atoms with E-state index in [9.17, 15) is 4.79 Å². The SMILES string of the molecule is Cc1c(NCc2csc(C(C)(C)C)n2)cccc1C(=O)O. The van der Waals surface area contributed by atoms with Gasteiger partial charge in [-0.15, -0.1) is 11.3 Å². The molecule has 0 amide bonds. The van der Waals surface area contributed by atoms with Crippen molar-refractivity contribution in [1.29, 1.82) is 0 Å². The molecule has 2 N–H and O–H groups in total. The third-order valence-electron chi connectivity index (χ3n) is 3.22. The Kier molecular flexibility index (Phi) is 4.32. The summed E-state index contributed by atoms with van der Waals surface area (Å²) in [6.07, 6.45) is 0. The fraction of sp³-hybridized carbons (Fsp3) is 0.375. The molecule has 0 saturated heterocycles. The number of benzene rings is 1. The molecule has 1 aromatic heterocycles.